The lowest BCUT2D eigenvalue weighted by Gasteiger charge is -2.28. The van der Waals surface area contributed by atoms with Crippen LogP contribution in [-0.4, -0.2) is 28.4 Å². The van der Waals surface area contributed by atoms with Crippen molar-refractivity contribution >= 4 is 23.1 Å². The van der Waals surface area contributed by atoms with Gasteiger partial charge in [0.25, 0.3) is 5.91 Å². The minimum atomic E-state index is -4.51. The van der Waals surface area contributed by atoms with E-state index < -0.39 is 23.7 Å². The van der Waals surface area contributed by atoms with Crippen LogP contribution in [0.4, 0.5) is 17.6 Å². The first-order valence-corrected chi connectivity index (χ1v) is 9.72. The van der Waals surface area contributed by atoms with Crippen molar-refractivity contribution in [3.05, 3.63) is 70.5 Å². The Morgan fingerprint density at radius 2 is 1.93 bits per heavy atom. The molecule has 1 heterocycles. The van der Waals surface area contributed by atoms with Crippen LogP contribution in [-0.2, 0) is 12.6 Å². The predicted molar refractivity (Wildman–Crippen MR) is 104 cm³/mol. The molecule has 8 heteroatoms. The van der Waals surface area contributed by atoms with E-state index in [-0.39, 0.29) is 17.4 Å². The topological polar surface area (TPSA) is 32.3 Å². The number of hydrogen-bond donors (Lipinski definition) is 1. The van der Waals surface area contributed by atoms with E-state index in [0.717, 1.165) is 36.1 Å². The maximum atomic E-state index is 13.7. The van der Waals surface area contributed by atoms with Crippen molar-refractivity contribution in [1.29, 1.82) is 0 Å². The third-order valence-corrected chi connectivity index (χ3v) is 6.05. The van der Waals surface area contributed by atoms with Crippen molar-refractivity contribution < 1.29 is 22.4 Å². The summed E-state index contributed by atoms with van der Waals surface area (Å²) >= 11 is 5.55. The van der Waals surface area contributed by atoms with Crippen LogP contribution in [0.1, 0.15) is 45.9 Å². The number of benzene rings is 2. The van der Waals surface area contributed by atoms with E-state index in [4.69, 9.17) is 12.2 Å². The monoisotopic (exact) mass is 422 g/mol. The molecule has 0 bridgehead atoms. The zero-order valence-corrected chi connectivity index (χ0v) is 16.1. The van der Waals surface area contributed by atoms with E-state index in [1.54, 1.807) is 6.07 Å². The molecular formula is C21H18F4N2OS. The average Bonchev–Trinajstić information content (AvgIpc) is 3.24. The van der Waals surface area contributed by atoms with Crippen LogP contribution in [0.5, 0.6) is 0 Å². The highest BCUT2D eigenvalue weighted by molar-refractivity contribution is 7.80. The number of amides is 1. The molecule has 2 aromatic rings. The van der Waals surface area contributed by atoms with Gasteiger partial charge in [-0.1, -0.05) is 24.4 Å². The van der Waals surface area contributed by atoms with Crippen LogP contribution < -0.4 is 5.32 Å². The molecule has 0 spiro atoms. The third kappa shape index (κ3) is 3.85. The number of fused-ring (bicyclic) bond motifs is 1. The standard InChI is InChI=1S/C21H18F4N2OS/c22-15-6-4-12-5-7-18(16(12)11-15)27-9-8-17(20(27)29)26-19(28)13-2-1-3-14(10-13)21(23,24)25/h1-4,6,10-11,17-18H,5,7-9H2,(H,26,28)/t17?,18-/m1/s1. The van der Waals surface area contributed by atoms with Gasteiger partial charge in [-0.05, 0) is 60.7 Å². The minimum Gasteiger partial charge on any atom is -0.357 e. The smallest absolute Gasteiger partial charge is 0.357 e. The number of aryl methyl sites for hydroxylation is 1. The Labute approximate surface area is 170 Å². The summed E-state index contributed by atoms with van der Waals surface area (Å²) in [6, 6.07) is 8.60. The van der Waals surface area contributed by atoms with Gasteiger partial charge in [0, 0.05) is 12.1 Å². The molecule has 2 atom stereocenters. The molecule has 1 unspecified atom stereocenters. The van der Waals surface area contributed by atoms with Gasteiger partial charge in [0.15, 0.2) is 0 Å². The second-order valence-electron chi connectivity index (χ2n) is 7.32. The first-order chi connectivity index (χ1) is 13.7. The number of carbonyl (C=O) groups is 1. The SMILES string of the molecule is O=C(NC1CCN([C@@H]2CCc3ccc(F)cc32)C1=S)c1cccc(C(F)(F)F)c1. The first-order valence-electron chi connectivity index (χ1n) is 9.31. The number of nitrogens with zero attached hydrogens (tertiary/aromatic N) is 1. The van der Waals surface area contributed by atoms with E-state index in [2.05, 4.69) is 5.32 Å². The molecule has 29 heavy (non-hydrogen) atoms. The zero-order valence-electron chi connectivity index (χ0n) is 15.3. The van der Waals surface area contributed by atoms with Gasteiger partial charge in [-0.2, -0.15) is 13.2 Å². The van der Waals surface area contributed by atoms with Crippen molar-refractivity contribution in [3.63, 3.8) is 0 Å². The number of alkyl halides is 3. The van der Waals surface area contributed by atoms with Gasteiger partial charge < -0.3 is 10.2 Å². The summed E-state index contributed by atoms with van der Waals surface area (Å²) in [5.74, 6) is -0.890. The molecule has 1 amide bonds. The number of thiocarbonyl (C=S) groups is 1. The second kappa shape index (κ2) is 7.40. The fraction of sp³-hybridized carbons (Fsp3) is 0.333. The Morgan fingerprint density at radius 3 is 2.69 bits per heavy atom. The Hall–Kier alpha value is -2.48. The molecule has 4 rings (SSSR count). The summed E-state index contributed by atoms with van der Waals surface area (Å²) in [6.07, 6.45) is -2.31. The van der Waals surface area contributed by atoms with Gasteiger partial charge in [-0.25, -0.2) is 4.39 Å². The van der Waals surface area contributed by atoms with Gasteiger partial charge in [-0.15, -0.1) is 0 Å². The first kappa shape index (κ1) is 19.8. The lowest BCUT2D eigenvalue weighted by atomic mass is 10.1. The quantitative estimate of drug-likeness (QED) is 0.577. The van der Waals surface area contributed by atoms with Crippen molar-refractivity contribution in [3.8, 4) is 0 Å². The molecule has 1 fully saturated rings. The average molecular weight is 422 g/mol. The molecule has 1 N–H and O–H groups in total. The molecule has 0 saturated carbocycles. The number of halogens is 4. The maximum absolute atomic E-state index is 13.7. The number of likely N-dealkylation sites (tertiary alicyclic amines) is 1. The largest absolute Gasteiger partial charge is 0.416 e. The highest BCUT2D eigenvalue weighted by Gasteiger charge is 2.37. The molecule has 1 saturated heterocycles. The van der Waals surface area contributed by atoms with Crippen LogP contribution in [0.25, 0.3) is 0 Å². The molecule has 1 aliphatic heterocycles. The normalized spacial score (nSPS) is 21.4. The molecule has 2 aromatic carbocycles. The van der Waals surface area contributed by atoms with E-state index in [1.807, 2.05) is 4.90 Å². The predicted octanol–water partition coefficient (Wildman–Crippen LogP) is 4.66. The van der Waals surface area contributed by atoms with Crippen molar-refractivity contribution in [2.45, 2.75) is 37.5 Å². The third-order valence-electron chi connectivity index (χ3n) is 5.53. The Morgan fingerprint density at radius 1 is 1.14 bits per heavy atom. The van der Waals surface area contributed by atoms with Gasteiger partial charge in [0.1, 0.15) is 10.8 Å². The Balaban J connectivity index is 1.47. The van der Waals surface area contributed by atoms with Crippen molar-refractivity contribution in [1.82, 2.24) is 10.2 Å². The van der Waals surface area contributed by atoms with Crippen LogP contribution in [0.2, 0.25) is 0 Å². The van der Waals surface area contributed by atoms with Crippen LogP contribution in [0, 0.1) is 5.82 Å². The fourth-order valence-electron chi connectivity index (χ4n) is 4.10. The molecule has 152 valence electrons. The van der Waals surface area contributed by atoms with Gasteiger partial charge in [0.05, 0.1) is 17.6 Å². The summed E-state index contributed by atoms with van der Waals surface area (Å²) in [7, 11) is 0. The number of carbonyl (C=O) groups excluding carboxylic acids is 1. The second-order valence-corrected chi connectivity index (χ2v) is 7.74. The Kier molecular flexibility index (Phi) is 5.06. The van der Waals surface area contributed by atoms with Gasteiger partial charge in [-0.3, -0.25) is 4.79 Å². The summed E-state index contributed by atoms with van der Waals surface area (Å²) in [5.41, 5.74) is 1.08. The van der Waals surface area contributed by atoms with E-state index in [1.165, 1.54) is 24.3 Å². The Bertz CT molecular complexity index is 975. The van der Waals surface area contributed by atoms with Gasteiger partial charge >= 0.3 is 6.18 Å². The molecular weight excluding hydrogens is 404 g/mol. The number of hydrogen-bond acceptors (Lipinski definition) is 2. The van der Waals surface area contributed by atoms with E-state index in [9.17, 15) is 22.4 Å². The molecule has 2 aliphatic rings. The lowest BCUT2D eigenvalue weighted by molar-refractivity contribution is -0.137. The lowest BCUT2D eigenvalue weighted by Crippen LogP contribution is -2.41. The van der Waals surface area contributed by atoms with E-state index >= 15 is 0 Å². The molecule has 0 aromatic heterocycles. The number of rotatable bonds is 3. The van der Waals surface area contributed by atoms with Crippen molar-refractivity contribution in [2.24, 2.45) is 0 Å². The van der Waals surface area contributed by atoms with E-state index in [0.29, 0.717) is 18.0 Å². The summed E-state index contributed by atoms with van der Waals surface area (Å²) in [5, 5.41) is 2.75. The fourth-order valence-corrected chi connectivity index (χ4v) is 4.49. The summed E-state index contributed by atoms with van der Waals surface area (Å²) in [6.45, 7) is 0.604. The minimum absolute atomic E-state index is 0.0383. The van der Waals surface area contributed by atoms with Crippen LogP contribution in [0.3, 0.4) is 0 Å². The summed E-state index contributed by atoms with van der Waals surface area (Å²) < 4.78 is 52.3. The number of nitrogens with one attached hydrogen (secondary N) is 1. The zero-order chi connectivity index (χ0) is 20.8. The van der Waals surface area contributed by atoms with Crippen LogP contribution >= 0.6 is 12.2 Å². The highest BCUT2D eigenvalue weighted by atomic mass is 32.1. The summed E-state index contributed by atoms with van der Waals surface area (Å²) in [4.78, 5) is 15.0. The highest BCUT2D eigenvalue weighted by Crippen LogP contribution is 2.38. The molecule has 3 nitrogen and oxygen atoms in total. The van der Waals surface area contributed by atoms with Gasteiger partial charge in [0.2, 0.25) is 0 Å². The van der Waals surface area contributed by atoms with Crippen molar-refractivity contribution in [2.75, 3.05) is 6.54 Å². The maximum Gasteiger partial charge on any atom is 0.416 e. The van der Waals surface area contributed by atoms with Crippen LogP contribution in [0.15, 0.2) is 42.5 Å². The molecule has 0 radical (unpaired) electrons. The molecule has 1 aliphatic carbocycles.